The molecule has 2 aromatic rings. The van der Waals surface area contributed by atoms with Crippen LogP contribution >= 0.6 is 0 Å². The van der Waals surface area contributed by atoms with E-state index >= 15 is 0 Å². The zero-order valence-corrected chi connectivity index (χ0v) is 17.0. The number of halogens is 3. The van der Waals surface area contributed by atoms with Crippen LogP contribution in [0.15, 0.2) is 42.5 Å². The van der Waals surface area contributed by atoms with Crippen molar-refractivity contribution in [2.75, 3.05) is 23.4 Å². The zero-order valence-electron chi connectivity index (χ0n) is 17.0. The summed E-state index contributed by atoms with van der Waals surface area (Å²) in [5.41, 5.74) is -1.36. The molecular weight excluding hydrogens is 397 g/mol. The van der Waals surface area contributed by atoms with E-state index in [-0.39, 0.29) is 18.2 Å². The van der Waals surface area contributed by atoms with Crippen molar-refractivity contribution in [3.63, 3.8) is 0 Å². The van der Waals surface area contributed by atoms with Crippen LogP contribution < -0.4 is 15.0 Å². The van der Waals surface area contributed by atoms with Crippen molar-refractivity contribution in [2.24, 2.45) is 5.41 Å². The average Bonchev–Trinajstić information content (AvgIpc) is 2.78. The van der Waals surface area contributed by atoms with E-state index in [1.54, 1.807) is 30.9 Å². The van der Waals surface area contributed by atoms with Crippen LogP contribution in [0.4, 0.5) is 24.5 Å². The van der Waals surface area contributed by atoms with Crippen LogP contribution in [0.25, 0.3) is 0 Å². The fourth-order valence-corrected chi connectivity index (χ4v) is 3.30. The largest absolute Gasteiger partial charge is 0.490 e. The average molecular weight is 420 g/mol. The number of benzene rings is 2. The first kappa shape index (κ1) is 21.7. The summed E-state index contributed by atoms with van der Waals surface area (Å²) >= 11 is 0. The Kier molecular flexibility index (Phi) is 5.78. The summed E-state index contributed by atoms with van der Waals surface area (Å²) in [7, 11) is 0. The molecule has 0 aromatic heterocycles. The molecule has 0 spiro atoms. The monoisotopic (exact) mass is 420 g/mol. The van der Waals surface area contributed by atoms with Crippen LogP contribution in [0, 0.1) is 5.41 Å². The molecule has 0 radical (unpaired) electrons. The minimum atomic E-state index is -4.64. The van der Waals surface area contributed by atoms with Gasteiger partial charge in [-0.05, 0) is 44.5 Å². The van der Waals surface area contributed by atoms with E-state index in [1.165, 1.54) is 18.2 Å². The highest BCUT2D eigenvalue weighted by Crippen LogP contribution is 2.38. The summed E-state index contributed by atoms with van der Waals surface area (Å²) in [5, 5.41) is 2.50. The SMILES string of the molecule is CCCN1C(=O)C(C)(C)COc2cc(NC(=O)c3ccccc3C(F)(F)F)ccc21. The molecule has 2 amide bonds. The first-order valence-corrected chi connectivity index (χ1v) is 9.61. The number of fused-ring (bicyclic) bond motifs is 1. The zero-order chi connectivity index (χ0) is 22.1. The lowest BCUT2D eigenvalue weighted by atomic mass is 9.93. The Morgan fingerprint density at radius 2 is 1.90 bits per heavy atom. The smallest absolute Gasteiger partial charge is 0.417 e. The van der Waals surface area contributed by atoms with Gasteiger partial charge in [-0.1, -0.05) is 19.1 Å². The van der Waals surface area contributed by atoms with Crippen molar-refractivity contribution < 1.29 is 27.5 Å². The van der Waals surface area contributed by atoms with E-state index < -0.39 is 28.6 Å². The lowest BCUT2D eigenvalue weighted by Crippen LogP contribution is -2.42. The Hall–Kier alpha value is -3.03. The third-order valence-corrected chi connectivity index (χ3v) is 4.85. The van der Waals surface area contributed by atoms with Gasteiger partial charge in [-0.2, -0.15) is 13.2 Å². The minimum Gasteiger partial charge on any atom is -0.490 e. The molecule has 1 aliphatic heterocycles. The number of nitrogens with zero attached hydrogens (tertiary/aromatic N) is 1. The predicted molar refractivity (Wildman–Crippen MR) is 108 cm³/mol. The summed E-state index contributed by atoms with van der Waals surface area (Å²) in [5.74, 6) is -0.554. The van der Waals surface area contributed by atoms with Gasteiger partial charge in [-0.3, -0.25) is 9.59 Å². The van der Waals surface area contributed by atoms with Gasteiger partial charge in [0.05, 0.1) is 22.2 Å². The Bertz CT molecular complexity index is 970. The maximum Gasteiger partial charge on any atom is 0.417 e. The van der Waals surface area contributed by atoms with E-state index in [0.29, 0.717) is 18.0 Å². The molecule has 2 aromatic carbocycles. The number of amides is 2. The topological polar surface area (TPSA) is 58.6 Å². The summed E-state index contributed by atoms with van der Waals surface area (Å²) in [6.07, 6.45) is -3.90. The summed E-state index contributed by atoms with van der Waals surface area (Å²) in [6.45, 7) is 6.19. The van der Waals surface area contributed by atoms with E-state index in [0.717, 1.165) is 18.6 Å². The Labute approximate surface area is 172 Å². The third-order valence-electron chi connectivity index (χ3n) is 4.85. The van der Waals surface area contributed by atoms with Gasteiger partial charge in [0.15, 0.2) is 0 Å². The Morgan fingerprint density at radius 1 is 1.20 bits per heavy atom. The maximum atomic E-state index is 13.2. The van der Waals surface area contributed by atoms with E-state index in [1.807, 2.05) is 6.92 Å². The molecule has 0 saturated heterocycles. The molecule has 0 unspecified atom stereocenters. The van der Waals surface area contributed by atoms with Crippen LogP contribution in [0.3, 0.4) is 0 Å². The third kappa shape index (κ3) is 4.27. The molecule has 1 aliphatic rings. The number of rotatable bonds is 4. The number of alkyl halides is 3. The molecule has 0 aliphatic carbocycles. The lowest BCUT2D eigenvalue weighted by Gasteiger charge is -2.27. The van der Waals surface area contributed by atoms with Crippen LogP contribution in [0.5, 0.6) is 5.75 Å². The molecule has 0 saturated carbocycles. The standard InChI is InChI=1S/C22H23F3N2O3/c1-4-11-27-17-10-9-14(12-18(17)30-13-21(2,3)20(27)29)26-19(28)15-7-5-6-8-16(15)22(23,24)25/h5-10,12H,4,11,13H2,1-3H3,(H,26,28). The van der Waals surface area contributed by atoms with Gasteiger partial charge in [0.25, 0.3) is 5.91 Å². The van der Waals surface area contributed by atoms with Crippen molar-refractivity contribution in [2.45, 2.75) is 33.4 Å². The molecule has 5 nitrogen and oxygen atoms in total. The number of ether oxygens (including phenoxy) is 1. The second-order valence-corrected chi connectivity index (χ2v) is 7.81. The van der Waals surface area contributed by atoms with Crippen molar-refractivity contribution >= 4 is 23.2 Å². The highest BCUT2D eigenvalue weighted by Gasteiger charge is 2.38. The Morgan fingerprint density at radius 3 is 2.57 bits per heavy atom. The molecule has 3 rings (SSSR count). The van der Waals surface area contributed by atoms with Gasteiger partial charge in [-0.25, -0.2) is 0 Å². The first-order valence-electron chi connectivity index (χ1n) is 9.61. The van der Waals surface area contributed by atoms with Crippen molar-refractivity contribution in [1.29, 1.82) is 0 Å². The van der Waals surface area contributed by atoms with E-state index in [4.69, 9.17) is 4.74 Å². The predicted octanol–water partition coefficient (Wildman–Crippen LogP) is 5.12. The summed E-state index contributed by atoms with van der Waals surface area (Å²) in [4.78, 5) is 27.0. The number of carbonyl (C=O) groups excluding carboxylic acids is 2. The van der Waals surface area contributed by atoms with Crippen LogP contribution in [-0.2, 0) is 11.0 Å². The fourth-order valence-electron chi connectivity index (χ4n) is 3.30. The summed E-state index contributed by atoms with van der Waals surface area (Å²) in [6, 6.07) is 9.31. The van der Waals surface area contributed by atoms with Crippen molar-refractivity contribution in [1.82, 2.24) is 0 Å². The van der Waals surface area contributed by atoms with Gasteiger partial charge in [0.1, 0.15) is 12.4 Å². The molecule has 1 heterocycles. The van der Waals surface area contributed by atoms with Gasteiger partial charge < -0.3 is 15.0 Å². The molecule has 1 N–H and O–H groups in total. The molecule has 8 heteroatoms. The summed E-state index contributed by atoms with van der Waals surface area (Å²) < 4.78 is 45.4. The first-order chi connectivity index (χ1) is 14.0. The Balaban J connectivity index is 1.92. The van der Waals surface area contributed by atoms with Gasteiger partial charge >= 0.3 is 6.18 Å². The van der Waals surface area contributed by atoms with E-state index in [2.05, 4.69) is 5.32 Å². The second-order valence-electron chi connectivity index (χ2n) is 7.81. The highest BCUT2D eigenvalue weighted by atomic mass is 19.4. The van der Waals surface area contributed by atoms with Gasteiger partial charge in [0, 0.05) is 18.3 Å². The number of anilines is 2. The molecular formula is C22H23F3N2O3. The van der Waals surface area contributed by atoms with Crippen LogP contribution in [0.2, 0.25) is 0 Å². The molecule has 0 bridgehead atoms. The van der Waals surface area contributed by atoms with Crippen molar-refractivity contribution in [3.05, 3.63) is 53.6 Å². The van der Waals surface area contributed by atoms with Crippen LogP contribution in [0.1, 0.15) is 43.1 Å². The quantitative estimate of drug-likeness (QED) is 0.747. The van der Waals surface area contributed by atoms with Gasteiger partial charge in [0.2, 0.25) is 5.91 Å². The molecule has 0 fully saturated rings. The number of nitrogens with one attached hydrogen (secondary N) is 1. The maximum absolute atomic E-state index is 13.2. The number of carbonyl (C=O) groups is 2. The highest BCUT2D eigenvalue weighted by molar-refractivity contribution is 6.06. The number of hydrogen-bond acceptors (Lipinski definition) is 3. The normalized spacial score (nSPS) is 15.8. The lowest BCUT2D eigenvalue weighted by molar-refractivity contribution is -0.137. The molecule has 0 atom stereocenters. The molecule has 160 valence electrons. The van der Waals surface area contributed by atoms with Crippen LogP contribution in [-0.4, -0.2) is 25.0 Å². The molecule has 30 heavy (non-hydrogen) atoms. The fraction of sp³-hybridized carbons (Fsp3) is 0.364. The minimum absolute atomic E-state index is 0.0704. The van der Waals surface area contributed by atoms with Gasteiger partial charge in [-0.15, -0.1) is 0 Å². The number of hydrogen-bond donors (Lipinski definition) is 1. The van der Waals surface area contributed by atoms with Crippen molar-refractivity contribution in [3.8, 4) is 5.75 Å². The van der Waals surface area contributed by atoms with E-state index in [9.17, 15) is 22.8 Å². The second kappa shape index (κ2) is 8.01.